The molecule has 7 rings (SSSR count). The number of hydrogen-bond acceptors (Lipinski definition) is 3. The van der Waals surface area contributed by atoms with Gasteiger partial charge in [-0.15, -0.1) is 0 Å². The molecular formula is C33H20Br2N4. The second kappa shape index (κ2) is 9.88. The number of nitrogens with zero attached hydrogens (tertiary/aromatic N) is 4. The Balaban J connectivity index is 1.50. The van der Waals surface area contributed by atoms with Crippen LogP contribution in [0.1, 0.15) is 0 Å². The number of fused-ring (bicyclic) bond motifs is 3. The quantitative estimate of drug-likeness (QED) is 0.194. The Morgan fingerprint density at radius 2 is 1.00 bits per heavy atom. The van der Waals surface area contributed by atoms with Crippen molar-refractivity contribution < 1.29 is 0 Å². The molecule has 0 fully saturated rings. The Labute approximate surface area is 242 Å². The van der Waals surface area contributed by atoms with Crippen molar-refractivity contribution in [1.29, 1.82) is 0 Å². The van der Waals surface area contributed by atoms with Crippen molar-refractivity contribution in [1.82, 2.24) is 19.5 Å². The molecule has 0 spiro atoms. The monoisotopic (exact) mass is 630 g/mol. The highest BCUT2D eigenvalue weighted by molar-refractivity contribution is 9.11. The molecule has 2 aromatic heterocycles. The molecule has 2 heterocycles. The van der Waals surface area contributed by atoms with E-state index in [2.05, 4.69) is 91.0 Å². The fourth-order valence-corrected chi connectivity index (χ4v) is 6.28. The molecule has 0 N–H and O–H groups in total. The lowest BCUT2D eigenvalue weighted by molar-refractivity contribution is 0.953. The van der Waals surface area contributed by atoms with Crippen molar-refractivity contribution >= 4 is 53.7 Å². The second-order valence-corrected chi connectivity index (χ2v) is 11.1. The Morgan fingerprint density at radius 1 is 0.436 bits per heavy atom. The van der Waals surface area contributed by atoms with Crippen molar-refractivity contribution in [3.63, 3.8) is 0 Å². The minimum Gasteiger partial charge on any atom is -0.278 e. The molecule has 186 valence electrons. The molecule has 0 aliphatic heterocycles. The summed E-state index contributed by atoms with van der Waals surface area (Å²) in [5.41, 5.74) is 6.25. The van der Waals surface area contributed by atoms with E-state index >= 15 is 0 Å². The number of aromatic nitrogens is 4. The van der Waals surface area contributed by atoms with Crippen molar-refractivity contribution in [3.8, 4) is 39.9 Å². The average molecular weight is 632 g/mol. The molecule has 0 aliphatic rings. The predicted octanol–water partition coefficient (Wildman–Crippen LogP) is 9.49. The van der Waals surface area contributed by atoms with Crippen molar-refractivity contribution in [2.24, 2.45) is 0 Å². The van der Waals surface area contributed by atoms with Gasteiger partial charge in [-0.1, -0.05) is 117 Å². The van der Waals surface area contributed by atoms with Crippen LogP contribution in [0.4, 0.5) is 0 Å². The van der Waals surface area contributed by atoms with Gasteiger partial charge in [-0.05, 0) is 47.5 Å². The maximum atomic E-state index is 5.00. The van der Waals surface area contributed by atoms with Crippen LogP contribution in [0.5, 0.6) is 0 Å². The van der Waals surface area contributed by atoms with Gasteiger partial charge in [0.05, 0.1) is 11.0 Å². The van der Waals surface area contributed by atoms with E-state index in [1.54, 1.807) is 0 Å². The lowest BCUT2D eigenvalue weighted by Gasteiger charge is -2.11. The zero-order valence-corrected chi connectivity index (χ0v) is 23.8. The number of rotatable bonds is 4. The van der Waals surface area contributed by atoms with E-state index in [9.17, 15) is 0 Å². The van der Waals surface area contributed by atoms with Gasteiger partial charge >= 0.3 is 0 Å². The van der Waals surface area contributed by atoms with Crippen molar-refractivity contribution in [3.05, 3.63) is 130 Å². The van der Waals surface area contributed by atoms with Crippen molar-refractivity contribution in [2.45, 2.75) is 0 Å². The van der Waals surface area contributed by atoms with Crippen LogP contribution in [0.15, 0.2) is 130 Å². The summed E-state index contributed by atoms with van der Waals surface area (Å²) in [7, 11) is 0. The van der Waals surface area contributed by atoms with Gasteiger partial charge in [0, 0.05) is 30.8 Å². The number of hydrogen-bond donors (Lipinski definition) is 0. The SMILES string of the molecule is Brc1cc(Br)cc(-c2ccc3c(c2)c2ccccc2n3-c2nc(-c3ccccc3)nc(-c3ccccc3)n2)c1. The van der Waals surface area contributed by atoms with Crippen LogP contribution in [0.3, 0.4) is 0 Å². The van der Waals surface area contributed by atoms with Gasteiger partial charge in [0.2, 0.25) is 5.95 Å². The van der Waals surface area contributed by atoms with Crippen LogP contribution >= 0.6 is 31.9 Å². The summed E-state index contributed by atoms with van der Waals surface area (Å²) in [6.07, 6.45) is 0. The van der Waals surface area contributed by atoms with E-state index in [1.807, 2.05) is 66.7 Å². The molecule has 6 heteroatoms. The largest absolute Gasteiger partial charge is 0.278 e. The van der Waals surface area contributed by atoms with Crippen LogP contribution in [-0.4, -0.2) is 19.5 Å². The molecule has 39 heavy (non-hydrogen) atoms. The first kappa shape index (κ1) is 23.9. The summed E-state index contributed by atoms with van der Waals surface area (Å²) in [5, 5.41) is 2.29. The maximum absolute atomic E-state index is 5.00. The molecule has 5 aromatic carbocycles. The summed E-state index contributed by atoms with van der Waals surface area (Å²) < 4.78 is 4.20. The maximum Gasteiger partial charge on any atom is 0.238 e. The highest BCUT2D eigenvalue weighted by Gasteiger charge is 2.18. The van der Waals surface area contributed by atoms with E-state index in [4.69, 9.17) is 15.0 Å². The molecule has 0 atom stereocenters. The molecular weight excluding hydrogens is 612 g/mol. The molecule has 0 unspecified atom stereocenters. The van der Waals surface area contributed by atoms with Gasteiger partial charge in [0.1, 0.15) is 0 Å². The first-order chi connectivity index (χ1) is 19.1. The molecule has 4 nitrogen and oxygen atoms in total. The minimum atomic E-state index is 0.590. The minimum absolute atomic E-state index is 0.590. The molecule has 0 radical (unpaired) electrons. The number of para-hydroxylation sites is 1. The molecule has 0 amide bonds. The highest BCUT2D eigenvalue weighted by Crippen LogP contribution is 2.36. The van der Waals surface area contributed by atoms with Gasteiger partial charge in [0.15, 0.2) is 11.6 Å². The van der Waals surface area contributed by atoms with Gasteiger partial charge < -0.3 is 0 Å². The summed E-state index contributed by atoms with van der Waals surface area (Å²) >= 11 is 7.26. The first-order valence-corrected chi connectivity index (χ1v) is 14.1. The molecule has 0 bridgehead atoms. The fourth-order valence-electron chi connectivity index (χ4n) is 4.99. The Bertz CT molecular complexity index is 1910. The Morgan fingerprint density at radius 3 is 1.64 bits per heavy atom. The van der Waals surface area contributed by atoms with Crippen LogP contribution in [0, 0.1) is 0 Å². The predicted molar refractivity (Wildman–Crippen MR) is 166 cm³/mol. The van der Waals surface area contributed by atoms with Crippen LogP contribution < -0.4 is 0 Å². The third-order valence-electron chi connectivity index (χ3n) is 6.76. The van der Waals surface area contributed by atoms with E-state index < -0.39 is 0 Å². The topological polar surface area (TPSA) is 43.6 Å². The van der Waals surface area contributed by atoms with Gasteiger partial charge in [-0.25, -0.2) is 4.98 Å². The summed E-state index contributed by atoms with van der Waals surface area (Å²) in [6, 6.07) is 41.4. The third kappa shape index (κ3) is 4.46. The van der Waals surface area contributed by atoms with Crippen LogP contribution in [0.25, 0.3) is 61.7 Å². The zero-order chi connectivity index (χ0) is 26.3. The lowest BCUT2D eigenvalue weighted by atomic mass is 10.0. The summed E-state index contributed by atoms with van der Waals surface area (Å²) in [5.74, 6) is 1.87. The van der Waals surface area contributed by atoms with E-state index in [1.165, 1.54) is 0 Å². The van der Waals surface area contributed by atoms with Gasteiger partial charge in [0.25, 0.3) is 0 Å². The first-order valence-electron chi connectivity index (χ1n) is 12.5. The molecule has 0 aliphatic carbocycles. The molecule has 0 saturated carbocycles. The summed E-state index contributed by atoms with van der Waals surface area (Å²) in [6.45, 7) is 0. The average Bonchev–Trinajstić information content (AvgIpc) is 3.31. The van der Waals surface area contributed by atoms with E-state index in [-0.39, 0.29) is 0 Å². The fraction of sp³-hybridized carbons (Fsp3) is 0. The smallest absolute Gasteiger partial charge is 0.238 e. The van der Waals surface area contributed by atoms with E-state index in [0.717, 1.165) is 53.0 Å². The summed E-state index contributed by atoms with van der Waals surface area (Å²) in [4.78, 5) is 14.9. The Hall–Kier alpha value is -4.13. The molecule has 7 aromatic rings. The Kier molecular flexibility index (Phi) is 6.06. The highest BCUT2D eigenvalue weighted by atomic mass is 79.9. The number of halogens is 2. The number of benzene rings is 5. The van der Waals surface area contributed by atoms with Crippen LogP contribution in [0.2, 0.25) is 0 Å². The van der Waals surface area contributed by atoms with Gasteiger partial charge in [-0.3, -0.25) is 4.57 Å². The van der Waals surface area contributed by atoms with E-state index in [0.29, 0.717) is 17.6 Å². The van der Waals surface area contributed by atoms with Crippen LogP contribution in [-0.2, 0) is 0 Å². The normalized spacial score (nSPS) is 11.3. The standard InChI is InChI=1S/C33H20Br2N4/c34-25-17-24(18-26(35)20-25)23-15-16-30-28(19-23)27-13-7-8-14-29(27)39(30)33-37-31(21-9-3-1-4-10-21)36-32(38-33)22-11-5-2-6-12-22/h1-20H. The zero-order valence-electron chi connectivity index (χ0n) is 20.6. The molecule has 0 saturated heterocycles. The van der Waals surface area contributed by atoms with Crippen molar-refractivity contribution in [2.75, 3.05) is 0 Å². The van der Waals surface area contributed by atoms with Gasteiger partial charge in [-0.2, -0.15) is 9.97 Å². The third-order valence-corrected chi connectivity index (χ3v) is 7.67. The lowest BCUT2D eigenvalue weighted by Crippen LogP contribution is -2.06. The second-order valence-electron chi connectivity index (χ2n) is 9.26.